The van der Waals surface area contributed by atoms with E-state index in [4.69, 9.17) is 0 Å². The lowest BCUT2D eigenvalue weighted by molar-refractivity contribution is 0.582. The van der Waals surface area contributed by atoms with Gasteiger partial charge in [-0.3, -0.25) is 4.99 Å². The van der Waals surface area contributed by atoms with Crippen LogP contribution in [0.4, 0.5) is 8.78 Å². The number of halogens is 2. The predicted molar refractivity (Wildman–Crippen MR) is 97.0 cm³/mol. The molecule has 1 heterocycles. The first-order valence-corrected chi connectivity index (χ1v) is 8.72. The molecule has 0 unspecified atom stereocenters. The highest BCUT2D eigenvalue weighted by molar-refractivity contribution is 7.07. The van der Waals surface area contributed by atoms with Crippen LogP contribution < -0.4 is 4.80 Å². The fourth-order valence-electron chi connectivity index (χ4n) is 2.28. The van der Waals surface area contributed by atoms with Crippen LogP contribution in [-0.2, 0) is 6.42 Å². The summed E-state index contributed by atoms with van der Waals surface area (Å²) in [6.07, 6.45) is 2.22. The molecule has 0 radical (unpaired) electrons. The second-order valence-corrected chi connectivity index (χ2v) is 6.34. The Labute approximate surface area is 148 Å². The van der Waals surface area contributed by atoms with Gasteiger partial charge in [-0.1, -0.05) is 30.3 Å². The maximum Gasteiger partial charge on any atom is 0.205 e. The third kappa shape index (κ3) is 4.48. The van der Waals surface area contributed by atoms with E-state index in [1.807, 2.05) is 30.5 Å². The summed E-state index contributed by atoms with van der Waals surface area (Å²) in [7, 11) is 0. The summed E-state index contributed by atoms with van der Waals surface area (Å²) in [5, 5.41) is 6.24. The Morgan fingerprint density at radius 3 is 2.68 bits per heavy atom. The first-order chi connectivity index (χ1) is 12.1. The SMILES string of the molecule is Cc1csc(=NCCc2ccccc2)n1N=Cc1ccc(F)cc1F. The molecule has 0 aliphatic carbocycles. The smallest absolute Gasteiger partial charge is 0.205 e. The van der Waals surface area contributed by atoms with E-state index in [1.54, 1.807) is 4.68 Å². The summed E-state index contributed by atoms with van der Waals surface area (Å²) < 4.78 is 28.3. The molecule has 0 aliphatic rings. The Morgan fingerprint density at radius 2 is 1.92 bits per heavy atom. The maximum absolute atomic E-state index is 13.7. The zero-order chi connectivity index (χ0) is 17.6. The molecule has 0 aliphatic heterocycles. The standard InChI is InChI=1S/C19H17F2N3S/c1-14-13-25-19(22-10-9-15-5-3-2-4-6-15)24(14)23-12-16-7-8-17(20)11-18(16)21/h2-8,11-13H,9-10H2,1H3. The van der Waals surface area contributed by atoms with Crippen molar-refractivity contribution in [3.05, 3.63) is 87.2 Å². The summed E-state index contributed by atoms with van der Waals surface area (Å²) in [4.78, 5) is 5.33. The summed E-state index contributed by atoms with van der Waals surface area (Å²) in [5.41, 5.74) is 2.36. The molecular weight excluding hydrogens is 340 g/mol. The molecule has 3 rings (SSSR count). The molecule has 1 aromatic heterocycles. The van der Waals surface area contributed by atoms with Crippen LogP contribution in [0, 0.1) is 18.6 Å². The Bertz CT molecular complexity index is 943. The molecule has 3 aromatic rings. The number of rotatable bonds is 5. The van der Waals surface area contributed by atoms with Gasteiger partial charge in [-0.05, 0) is 31.0 Å². The molecule has 0 spiro atoms. The first kappa shape index (κ1) is 17.2. The van der Waals surface area contributed by atoms with Gasteiger partial charge in [0.1, 0.15) is 11.6 Å². The van der Waals surface area contributed by atoms with Crippen LogP contribution in [0.2, 0.25) is 0 Å². The van der Waals surface area contributed by atoms with Crippen molar-refractivity contribution in [3.8, 4) is 0 Å². The number of hydrogen-bond donors (Lipinski definition) is 0. The quantitative estimate of drug-likeness (QED) is 0.614. The van der Waals surface area contributed by atoms with Gasteiger partial charge < -0.3 is 0 Å². The summed E-state index contributed by atoms with van der Waals surface area (Å²) >= 11 is 1.48. The first-order valence-electron chi connectivity index (χ1n) is 7.84. The molecule has 25 heavy (non-hydrogen) atoms. The van der Waals surface area contributed by atoms with Gasteiger partial charge in [0.15, 0.2) is 0 Å². The van der Waals surface area contributed by atoms with E-state index >= 15 is 0 Å². The fourth-order valence-corrected chi connectivity index (χ4v) is 3.12. The average Bonchev–Trinajstić information content (AvgIpc) is 2.95. The van der Waals surface area contributed by atoms with Crippen LogP contribution in [0.1, 0.15) is 16.8 Å². The van der Waals surface area contributed by atoms with Gasteiger partial charge in [0.05, 0.1) is 11.9 Å². The number of benzene rings is 2. The van der Waals surface area contributed by atoms with E-state index in [-0.39, 0.29) is 5.56 Å². The molecule has 0 amide bonds. The van der Waals surface area contributed by atoms with E-state index in [2.05, 4.69) is 22.2 Å². The molecular formula is C19H17F2N3S. The number of hydrogen-bond acceptors (Lipinski definition) is 3. The number of nitrogens with zero attached hydrogens (tertiary/aromatic N) is 3. The third-order valence-corrected chi connectivity index (χ3v) is 4.59. The molecule has 0 saturated heterocycles. The Kier molecular flexibility index (Phi) is 5.50. The van der Waals surface area contributed by atoms with E-state index in [1.165, 1.54) is 35.2 Å². The van der Waals surface area contributed by atoms with Crippen molar-refractivity contribution in [2.24, 2.45) is 10.1 Å². The Hall–Kier alpha value is -2.60. The van der Waals surface area contributed by atoms with Crippen LogP contribution in [0.3, 0.4) is 0 Å². The highest BCUT2D eigenvalue weighted by Gasteiger charge is 2.03. The highest BCUT2D eigenvalue weighted by atomic mass is 32.1. The van der Waals surface area contributed by atoms with E-state index in [9.17, 15) is 8.78 Å². The van der Waals surface area contributed by atoms with Crippen molar-refractivity contribution in [3.63, 3.8) is 0 Å². The minimum atomic E-state index is -0.639. The monoisotopic (exact) mass is 357 g/mol. The number of thiazole rings is 1. The molecule has 128 valence electrons. The van der Waals surface area contributed by atoms with Crippen molar-refractivity contribution >= 4 is 17.6 Å². The topological polar surface area (TPSA) is 29.6 Å². The van der Waals surface area contributed by atoms with Gasteiger partial charge in [-0.15, -0.1) is 11.3 Å². The van der Waals surface area contributed by atoms with Crippen molar-refractivity contribution in [1.29, 1.82) is 0 Å². The molecule has 0 saturated carbocycles. The second kappa shape index (κ2) is 7.98. The molecule has 0 fully saturated rings. The lowest BCUT2D eigenvalue weighted by Crippen LogP contribution is -2.13. The van der Waals surface area contributed by atoms with Gasteiger partial charge >= 0.3 is 0 Å². The zero-order valence-corrected chi connectivity index (χ0v) is 14.5. The van der Waals surface area contributed by atoms with Crippen LogP contribution in [0.15, 0.2) is 64.0 Å². The van der Waals surface area contributed by atoms with E-state index in [0.717, 1.165) is 23.0 Å². The van der Waals surface area contributed by atoms with Crippen molar-refractivity contribution in [2.75, 3.05) is 6.54 Å². The molecule has 0 atom stereocenters. The normalized spacial score (nSPS) is 12.2. The minimum Gasteiger partial charge on any atom is -0.257 e. The third-order valence-electron chi connectivity index (χ3n) is 3.62. The molecule has 6 heteroatoms. The number of aromatic nitrogens is 1. The van der Waals surface area contributed by atoms with E-state index in [0.29, 0.717) is 6.54 Å². The van der Waals surface area contributed by atoms with Gasteiger partial charge in [-0.2, -0.15) is 5.10 Å². The van der Waals surface area contributed by atoms with Crippen LogP contribution in [0.25, 0.3) is 0 Å². The molecule has 3 nitrogen and oxygen atoms in total. The lowest BCUT2D eigenvalue weighted by Gasteiger charge is -2.00. The van der Waals surface area contributed by atoms with Crippen molar-refractivity contribution in [1.82, 2.24) is 4.68 Å². The van der Waals surface area contributed by atoms with Gasteiger partial charge in [0, 0.05) is 23.6 Å². The fraction of sp³-hybridized carbons (Fsp3) is 0.158. The summed E-state index contributed by atoms with van der Waals surface area (Å²) in [6.45, 7) is 2.55. The molecule has 2 aromatic carbocycles. The Morgan fingerprint density at radius 1 is 1.12 bits per heavy atom. The van der Waals surface area contributed by atoms with Crippen molar-refractivity contribution < 1.29 is 8.78 Å². The zero-order valence-electron chi connectivity index (χ0n) is 13.7. The maximum atomic E-state index is 13.7. The van der Waals surface area contributed by atoms with Crippen LogP contribution in [-0.4, -0.2) is 17.4 Å². The largest absolute Gasteiger partial charge is 0.257 e. The highest BCUT2D eigenvalue weighted by Crippen LogP contribution is 2.08. The van der Waals surface area contributed by atoms with Crippen LogP contribution >= 0.6 is 11.3 Å². The van der Waals surface area contributed by atoms with Gasteiger partial charge in [-0.25, -0.2) is 13.5 Å². The van der Waals surface area contributed by atoms with Gasteiger partial charge in [0.25, 0.3) is 0 Å². The average molecular weight is 357 g/mol. The predicted octanol–water partition coefficient (Wildman–Crippen LogP) is 4.16. The molecule has 0 bridgehead atoms. The summed E-state index contributed by atoms with van der Waals surface area (Å²) in [6, 6.07) is 13.6. The van der Waals surface area contributed by atoms with E-state index < -0.39 is 11.6 Å². The number of aryl methyl sites for hydroxylation is 1. The molecule has 0 N–H and O–H groups in total. The second-order valence-electron chi connectivity index (χ2n) is 5.50. The Balaban J connectivity index is 1.79. The minimum absolute atomic E-state index is 0.231. The lowest BCUT2D eigenvalue weighted by atomic mass is 10.2. The van der Waals surface area contributed by atoms with Crippen molar-refractivity contribution in [2.45, 2.75) is 13.3 Å². The van der Waals surface area contributed by atoms with Crippen LogP contribution in [0.5, 0.6) is 0 Å². The summed E-state index contributed by atoms with van der Waals surface area (Å²) in [5.74, 6) is -1.24. The van der Waals surface area contributed by atoms with Gasteiger partial charge in [0.2, 0.25) is 4.80 Å².